The fraction of sp³-hybridized carbons (Fsp3) is 0.143. The summed E-state index contributed by atoms with van der Waals surface area (Å²) in [7, 11) is 0. The summed E-state index contributed by atoms with van der Waals surface area (Å²) < 4.78 is 0. The van der Waals surface area contributed by atoms with Crippen LogP contribution < -0.4 is 0 Å². The van der Waals surface area contributed by atoms with Gasteiger partial charge in [-0.2, -0.15) is 0 Å². The van der Waals surface area contributed by atoms with Crippen LogP contribution in [0.15, 0.2) is 80.0 Å². The largest absolute Gasteiger partial charge is 0.0991 e. The van der Waals surface area contributed by atoms with Gasteiger partial charge in [-0.1, -0.05) is 73.9 Å². The van der Waals surface area contributed by atoms with Gasteiger partial charge in [0, 0.05) is 0 Å². The van der Waals surface area contributed by atoms with Crippen molar-refractivity contribution in [3.05, 3.63) is 96.7 Å². The van der Waals surface area contributed by atoms with Crippen LogP contribution in [0.5, 0.6) is 0 Å². The first kappa shape index (κ1) is 16.7. The third-order valence-corrected chi connectivity index (χ3v) is 3.16. The van der Waals surface area contributed by atoms with Gasteiger partial charge >= 0.3 is 0 Å². The van der Waals surface area contributed by atoms with Gasteiger partial charge in [0.1, 0.15) is 0 Å². The summed E-state index contributed by atoms with van der Waals surface area (Å²) in [5.41, 5.74) is 5.95. The quantitative estimate of drug-likeness (QED) is 0.536. The zero-order valence-corrected chi connectivity index (χ0v) is 13.3. The Morgan fingerprint density at radius 1 is 0.952 bits per heavy atom. The standard InChI is InChI=1S/C21H24/c1-6-10-12-18(8-3)20-14-17(5)15-21(16-20)19(9-4)13-11-7-2/h6-16H,1,4H2,2-3,5H3/b11-7-,12-10-,18-8+,19-13+. The van der Waals surface area contributed by atoms with E-state index >= 15 is 0 Å². The molecule has 0 saturated carbocycles. The lowest BCUT2D eigenvalue weighted by atomic mass is 9.95. The first-order valence-corrected chi connectivity index (χ1v) is 7.19. The SMILES string of the molecule is C=C/C=C\C(=C/C)c1cc(C)cc(/C(C=C)=C/C=C\C)c1. The molecule has 0 unspecified atom stereocenters. The lowest BCUT2D eigenvalue weighted by Crippen LogP contribution is -1.89. The molecule has 21 heavy (non-hydrogen) atoms. The molecule has 0 atom stereocenters. The molecule has 0 radical (unpaired) electrons. The van der Waals surface area contributed by atoms with Crippen LogP contribution >= 0.6 is 0 Å². The molecule has 0 aliphatic carbocycles. The van der Waals surface area contributed by atoms with Crippen molar-refractivity contribution in [2.24, 2.45) is 0 Å². The van der Waals surface area contributed by atoms with E-state index < -0.39 is 0 Å². The third-order valence-electron chi connectivity index (χ3n) is 3.16. The van der Waals surface area contributed by atoms with E-state index in [4.69, 9.17) is 0 Å². The van der Waals surface area contributed by atoms with Crippen molar-refractivity contribution >= 4 is 11.1 Å². The highest BCUT2D eigenvalue weighted by Crippen LogP contribution is 2.24. The van der Waals surface area contributed by atoms with Crippen molar-refractivity contribution in [3.8, 4) is 0 Å². The van der Waals surface area contributed by atoms with Crippen LogP contribution in [-0.2, 0) is 0 Å². The molecule has 1 rings (SSSR count). The van der Waals surface area contributed by atoms with E-state index in [9.17, 15) is 0 Å². The molecule has 0 aliphatic heterocycles. The van der Waals surface area contributed by atoms with Crippen LogP contribution in [0.4, 0.5) is 0 Å². The second-order valence-electron chi connectivity index (χ2n) is 4.78. The lowest BCUT2D eigenvalue weighted by molar-refractivity contribution is 1.42. The van der Waals surface area contributed by atoms with Crippen molar-refractivity contribution in [3.63, 3.8) is 0 Å². The fourth-order valence-electron chi connectivity index (χ4n) is 2.13. The molecule has 0 nitrogen and oxygen atoms in total. The molecule has 1 aromatic carbocycles. The summed E-state index contributed by atoms with van der Waals surface area (Å²) in [6.07, 6.45) is 16.0. The van der Waals surface area contributed by atoms with Gasteiger partial charge in [-0.15, -0.1) is 0 Å². The Morgan fingerprint density at radius 3 is 2.14 bits per heavy atom. The van der Waals surface area contributed by atoms with Crippen molar-refractivity contribution in [1.82, 2.24) is 0 Å². The summed E-state index contributed by atoms with van der Waals surface area (Å²) in [4.78, 5) is 0. The van der Waals surface area contributed by atoms with Crippen molar-refractivity contribution in [2.45, 2.75) is 20.8 Å². The van der Waals surface area contributed by atoms with Crippen LogP contribution in [0.2, 0.25) is 0 Å². The van der Waals surface area contributed by atoms with Crippen molar-refractivity contribution in [2.75, 3.05) is 0 Å². The second-order valence-corrected chi connectivity index (χ2v) is 4.78. The normalized spacial score (nSPS) is 13.1. The predicted molar refractivity (Wildman–Crippen MR) is 97.2 cm³/mol. The molecule has 0 spiro atoms. The minimum Gasteiger partial charge on any atom is -0.0991 e. The van der Waals surface area contributed by atoms with Gasteiger partial charge in [0.15, 0.2) is 0 Å². The molecule has 0 aromatic heterocycles. The Labute approximate surface area is 129 Å². The molecular formula is C21H24. The van der Waals surface area contributed by atoms with Gasteiger partial charge in [-0.3, -0.25) is 0 Å². The first-order chi connectivity index (χ1) is 10.2. The highest BCUT2D eigenvalue weighted by atomic mass is 14.1. The summed E-state index contributed by atoms with van der Waals surface area (Å²) in [5, 5.41) is 0. The Hall–Kier alpha value is -2.34. The average Bonchev–Trinajstić information content (AvgIpc) is 2.48. The molecular weight excluding hydrogens is 252 g/mol. The van der Waals surface area contributed by atoms with Crippen LogP contribution in [0, 0.1) is 6.92 Å². The fourth-order valence-corrected chi connectivity index (χ4v) is 2.13. The maximum absolute atomic E-state index is 3.92. The van der Waals surface area contributed by atoms with Gasteiger partial charge < -0.3 is 0 Å². The van der Waals surface area contributed by atoms with E-state index in [-0.39, 0.29) is 0 Å². The topological polar surface area (TPSA) is 0 Å². The van der Waals surface area contributed by atoms with E-state index in [0.29, 0.717) is 0 Å². The van der Waals surface area contributed by atoms with Crippen LogP contribution in [-0.4, -0.2) is 0 Å². The van der Waals surface area contributed by atoms with Crippen molar-refractivity contribution < 1.29 is 0 Å². The Bertz CT molecular complexity index is 619. The van der Waals surface area contributed by atoms with E-state index in [1.54, 1.807) is 6.08 Å². The molecule has 0 heteroatoms. The van der Waals surface area contributed by atoms with E-state index in [2.05, 4.69) is 63.4 Å². The number of rotatable bonds is 6. The second kappa shape index (κ2) is 8.76. The maximum Gasteiger partial charge on any atom is -0.0175 e. The summed E-state index contributed by atoms with van der Waals surface area (Å²) >= 11 is 0. The molecule has 0 amide bonds. The van der Waals surface area contributed by atoms with Crippen LogP contribution in [0.3, 0.4) is 0 Å². The zero-order chi connectivity index (χ0) is 15.7. The van der Waals surface area contributed by atoms with Gasteiger partial charge in [-0.05, 0) is 54.7 Å². The van der Waals surface area contributed by atoms with E-state index in [1.807, 2.05) is 31.2 Å². The zero-order valence-electron chi connectivity index (χ0n) is 13.3. The molecule has 0 saturated heterocycles. The summed E-state index contributed by atoms with van der Waals surface area (Å²) in [6, 6.07) is 6.58. The van der Waals surface area contributed by atoms with E-state index in [0.717, 1.165) is 5.57 Å². The first-order valence-electron chi connectivity index (χ1n) is 7.19. The van der Waals surface area contributed by atoms with Gasteiger partial charge in [0.25, 0.3) is 0 Å². The summed E-state index contributed by atoms with van der Waals surface area (Å²) in [5.74, 6) is 0. The predicted octanol–water partition coefficient (Wildman–Crippen LogP) is 6.29. The van der Waals surface area contributed by atoms with Gasteiger partial charge in [0.2, 0.25) is 0 Å². The number of hydrogen-bond acceptors (Lipinski definition) is 0. The Kier molecular flexibility index (Phi) is 6.97. The molecule has 0 bridgehead atoms. The molecule has 108 valence electrons. The summed E-state index contributed by atoms with van der Waals surface area (Å²) in [6.45, 7) is 13.8. The van der Waals surface area contributed by atoms with Gasteiger partial charge in [-0.25, -0.2) is 0 Å². The monoisotopic (exact) mass is 276 g/mol. The number of allylic oxidation sites excluding steroid dienone is 10. The molecule has 1 aromatic rings. The van der Waals surface area contributed by atoms with Crippen molar-refractivity contribution in [1.29, 1.82) is 0 Å². The highest BCUT2D eigenvalue weighted by molar-refractivity contribution is 5.81. The smallest absolute Gasteiger partial charge is 0.0175 e. The minimum absolute atomic E-state index is 1.13. The molecule has 0 aliphatic rings. The maximum atomic E-state index is 3.92. The van der Waals surface area contributed by atoms with Crippen LogP contribution in [0.1, 0.15) is 30.5 Å². The molecule has 0 N–H and O–H groups in total. The van der Waals surface area contributed by atoms with Crippen LogP contribution in [0.25, 0.3) is 11.1 Å². The highest BCUT2D eigenvalue weighted by Gasteiger charge is 2.03. The number of aryl methyl sites for hydroxylation is 1. The number of benzene rings is 1. The van der Waals surface area contributed by atoms with Gasteiger partial charge in [0.05, 0.1) is 0 Å². The minimum atomic E-state index is 1.13. The average molecular weight is 276 g/mol. The van der Waals surface area contributed by atoms with E-state index in [1.165, 1.54) is 22.3 Å². The third kappa shape index (κ3) is 4.92. The molecule has 0 heterocycles. The lowest BCUT2D eigenvalue weighted by Gasteiger charge is -2.09. The Morgan fingerprint density at radius 2 is 1.62 bits per heavy atom. The Balaban J connectivity index is 3.36. The number of hydrogen-bond donors (Lipinski definition) is 0. The molecule has 0 fully saturated rings.